The van der Waals surface area contributed by atoms with Gasteiger partial charge in [-0.05, 0) is 78.6 Å². The number of fused-ring (bicyclic) bond motifs is 3. The summed E-state index contributed by atoms with van der Waals surface area (Å²) in [5.74, 6) is -0.335. The molecule has 4 N–H and O–H groups in total. The highest BCUT2D eigenvalue weighted by molar-refractivity contribution is 7.90. The van der Waals surface area contributed by atoms with Crippen LogP contribution in [0.4, 0.5) is 4.79 Å². The molecule has 0 fully saturated rings. The van der Waals surface area contributed by atoms with Gasteiger partial charge in [-0.2, -0.15) is 0 Å². The molecule has 0 saturated heterocycles. The molecule has 2 amide bonds. The predicted octanol–water partition coefficient (Wildman–Crippen LogP) is 3.92. The average Bonchev–Trinajstić information content (AvgIpc) is 3.35. The zero-order valence-electron chi connectivity index (χ0n) is 26.9. The number of carbonyl (C=O) groups is 2. The van der Waals surface area contributed by atoms with Crippen molar-refractivity contribution in [3.8, 4) is 16.9 Å². The third-order valence-electron chi connectivity index (χ3n) is 8.16. The summed E-state index contributed by atoms with van der Waals surface area (Å²) in [6.45, 7) is 5.33. The van der Waals surface area contributed by atoms with Crippen molar-refractivity contribution < 1.29 is 32.3 Å². The van der Waals surface area contributed by atoms with Crippen molar-refractivity contribution in [3.63, 3.8) is 0 Å². The molecule has 3 aromatic rings. The first-order chi connectivity index (χ1) is 21.9. The maximum absolute atomic E-state index is 13.2. The maximum atomic E-state index is 13.2. The number of ether oxygens (including phenoxy) is 2. The third-order valence-corrected chi connectivity index (χ3v) is 9.80. The van der Waals surface area contributed by atoms with E-state index in [2.05, 4.69) is 15.0 Å². The number of likely N-dealkylation sites (N-methyl/N-ethyl adjacent to an activating group) is 1. The highest BCUT2D eigenvalue weighted by Gasteiger charge is 2.30. The number of hydroxylamine groups is 2. The number of nitrogens with zero attached hydrogens (tertiary/aromatic N) is 2. The first-order valence-corrected chi connectivity index (χ1v) is 16.3. The van der Waals surface area contributed by atoms with Crippen LogP contribution < -0.4 is 20.5 Å². The fourth-order valence-corrected chi connectivity index (χ4v) is 7.19. The summed E-state index contributed by atoms with van der Waals surface area (Å²) in [5.41, 5.74) is 12.0. The van der Waals surface area contributed by atoms with Gasteiger partial charge in [0.05, 0.1) is 19.1 Å². The van der Waals surface area contributed by atoms with Gasteiger partial charge in [-0.15, -0.1) is 0 Å². The van der Waals surface area contributed by atoms with Gasteiger partial charge in [0, 0.05) is 19.5 Å². The van der Waals surface area contributed by atoms with Gasteiger partial charge in [-0.1, -0.05) is 48.5 Å². The SMILES string of the molecule is COc1cc(C)c(S(=O)(=O)NC(N)=NCCC[C@H](NC(=O)OCC2c3ccccc3-c3ccccc32)C(=O)N(C)OC)c(C)c1C. The largest absolute Gasteiger partial charge is 0.496 e. The van der Waals surface area contributed by atoms with Crippen LogP contribution >= 0.6 is 0 Å². The molecule has 0 spiro atoms. The summed E-state index contributed by atoms with van der Waals surface area (Å²) in [5, 5.41) is 3.66. The highest BCUT2D eigenvalue weighted by atomic mass is 32.2. The molecule has 13 heteroatoms. The molecule has 246 valence electrons. The van der Waals surface area contributed by atoms with Gasteiger partial charge >= 0.3 is 6.09 Å². The molecule has 3 aromatic carbocycles. The molecule has 0 aliphatic heterocycles. The van der Waals surface area contributed by atoms with Gasteiger partial charge in [-0.25, -0.2) is 23.0 Å². The number of nitrogens with two attached hydrogens (primary N) is 1. The molecular formula is C33H41N5O7S. The van der Waals surface area contributed by atoms with Crippen LogP contribution in [0, 0.1) is 20.8 Å². The van der Waals surface area contributed by atoms with Crippen LogP contribution in [0.1, 0.15) is 46.6 Å². The topological polar surface area (TPSA) is 162 Å². The standard InChI is InChI=1S/C33H41N5O7S/c1-20-18-29(43-5)21(2)22(3)30(20)46(41,42)37-32(34)35-17-11-16-28(31(39)38(4)44-6)36-33(40)45-19-27-25-14-9-7-12-23(25)24-13-8-10-15-26(24)27/h7-10,12-15,18,27-28H,11,16-17,19H2,1-6H3,(H,36,40)(H3,34,35,37)/t28-/m0/s1. The number of aryl methyl sites for hydroxylation is 1. The Bertz CT molecular complexity index is 1700. The smallest absolute Gasteiger partial charge is 0.407 e. The van der Waals surface area contributed by atoms with E-state index in [1.807, 2.05) is 48.5 Å². The monoisotopic (exact) mass is 651 g/mol. The Hall–Kier alpha value is -4.62. The second kappa shape index (κ2) is 14.6. The van der Waals surface area contributed by atoms with Crippen LogP contribution in [0.3, 0.4) is 0 Å². The zero-order chi connectivity index (χ0) is 33.6. The van der Waals surface area contributed by atoms with E-state index >= 15 is 0 Å². The molecule has 12 nitrogen and oxygen atoms in total. The summed E-state index contributed by atoms with van der Waals surface area (Å²) in [6, 6.07) is 16.7. The van der Waals surface area contributed by atoms with Crippen molar-refractivity contribution in [2.45, 2.75) is 50.5 Å². The summed E-state index contributed by atoms with van der Waals surface area (Å²) in [4.78, 5) is 35.2. The highest BCUT2D eigenvalue weighted by Crippen LogP contribution is 2.44. The Morgan fingerprint density at radius 1 is 1.00 bits per heavy atom. The van der Waals surface area contributed by atoms with E-state index in [0.717, 1.165) is 27.3 Å². The number of nitrogens with one attached hydrogen (secondary N) is 2. The molecule has 1 atom stereocenters. The van der Waals surface area contributed by atoms with E-state index in [0.29, 0.717) is 28.9 Å². The van der Waals surface area contributed by atoms with Crippen LogP contribution in [0.25, 0.3) is 11.1 Å². The Morgan fingerprint density at radius 2 is 1.61 bits per heavy atom. The predicted molar refractivity (Wildman–Crippen MR) is 175 cm³/mol. The van der Waals surface area contributed by atoms with Gasteiger partial charge in [0.2, 0.25) is 5.96 Å². The minimum atomic E-state index is -4.03. The lowest BCUT2D eigenvalue weighted by molar-refractivity contribution is -0.171. The normalized spacial score (nSPS) is 13.4. The number of aliphatic imine (C=N–C) groups is 1. The second-order valence-corrected chi connectivity index (χ2v) is 12.6. The number of amides is 2. The minimum Gasteiger partial charge on any atom is -0.496 e. The van der Waals surface area contributed by atoms with Crippen LogP contribution in [-0.4, -0.2) is 71.9 Å². The molecule has 1 aliphatic rings. The van der Waals surface area contributed by atoms with E-state index in [-0.39, 0.29) is 36.3 Å². The number of hydrogen-bond donors (Lipinski definition) is 3. The molecule has 4 rings (SSSR count). The van der Waals surface area contributed by atoms with E-state index in [1.165, 1.54) is 21.3 Å². The Labute approximate surface area is 269 Å². The van der Waals surface area contributed by atoms with Crippen LogP contribution in [0.5, 0.6) is 5.75 Å². The maximum Gasteiger partial charge on any atom is 0.407 e. The zero-order valence-corrected chi connectivity index (χ0v) is 27.7. The van der Waals surface area contributed by atoms with Crippen molar-refractivity contribution in [2.24, 2.45) is 10.7 Å². The molecule has 0 heterocycles. The minimum absolute atomic E-state index is 0.0841. The molecule has 0 bridgehead atoms. The van der Waals surface area contributed by atoms with Gasteiger partial charge < -0.3 is 20.5 Å². The number of guanidine groups is 1. The van der Waals surface area contributed by atoms with Crippen LogP contribution in [0.15, 0.2) is 64.5 Å². The summed E-state index contributed by atoms with van der Waals surface area (Å²) in [6.07, 6.45) is -0.295. The summed E-state index contributed by atoms with van der Waals surface area (Å²) < 4.78 is 39.6. The van der Waals surface area contributed by atoms with E-state index in [1.54, 1.807) is 26.8 Å². The Morgan fingerprint density at radius 3 is 2.20 bits per heavy atom. The number of hydrogen-bond acceptors (Lipinski definition) is 8. The molecule has 0 radical (unpaired) electrons. The Balaban J connectivity index is 1.37. The summed E-state index contributed by atoms with van der Waals surface area (Å²) in [7, 11) is 0.272. The van der Waals surface area contributed by atoms with E-state index in [4.69, 9.17) is 20.0 Å². The molecule has 46 heavy (non-hydrogen) atoms. The molecule has 0 aromatic heterocycles. The quantitative estimate of drug-likeness (QED) is 0.115. The van der Waals surface area contributed by atoms with Gasteiger partial charge in [-0.3, -0.25) is 14.6 Å². The van der Waals surface area contributed by atoms with E-state index < -0.39 is 28.1 Å². The first kappa shape index (κ1) is 34.3. The number of methoxy groups -OCH3 is 1. The number of carbonyl (C=O) groups excluding carboxylic acids is 2. The fourth-order valence-electron chi connectivity index (χ4n) is 5.71. The van der Waals surface area contributed by atoms with Crippen molar-refractivity contribution >= 4 is 28.0 Å². The number of alkyl carbamates (subject to hydrolysis) is 1. The molecule has 1 aliphatic carbocycles. The molecule has 0 unspecified atom stereocenters. The van der Waals surface area contributed by atoms with Crippen molar-refractivity contribution in [3.05, 3.63) is 82.4 Å². The van der Waals surface area contributed by atoms with Crippen molar-refractivity contribution in [2.75, 3.05) is 34.4 Å². The number of benzene rings is 3. The first-order valence-electron chi connectivity index (χ1n) is 14.8. The lowest BCUT2D eigenvalue weighted by Gasteiger charge is -2.23. The van der Waals surface area contributed by atoms with Crippen molar-refractivity contribution in [1.82, 2.24) is 15.1 Å². The average molecular weight is 652 g/mol. The lowest BCUT2D eigenvalue weighted by atomic mass is 9.98. The van der Waals surface area contributed by atoms with Crippen LogP contribution in [-0.2, 0) is 24.4 Å². The van der Waals surface area contributed by atoms with Gasteiger partial charge in [0.25, 0.3) is 15.9 Å². The fraction of sp³-hybridized carbons (Fsp3) is 0.364. The second-order valence-electron chi connectivity index (χ2n) is 11.0. The lowest BCUT2D eigenvalue weighted by Crippen LogP contribution is -2.47. The summed E-state index contributed by atoms with van der Waals surface area (Å²) >= 11 is 0. The van der Waals surface area contributed by atoms with E-state index in [9.17, 15) is 18.0 Å². The van der Waals surface area contributed by atoms with Crippen LogP contribution in [0.2, 0.25) is 0 Å². The number of sulfonamides is 1. The Kier molecular flexibility index (Phi) is 10.9. The molecule has 0 saturated carbocycles. The molecular weight excluding hydrogens is 610 g/mol. The van der Waals surface area contributed by atoms with Gasteiger partial charge in [0.1, 0.15) is 18.4 Å². The number of rotatable bonds is 12. The third kappa shape index (κ3) is 7.43. The van der Waals surface area contributed by atoms with Gasteiger partial charge in [0.15, 0.2) is 0 Å². The van der Waals surface area contributed by atoms with Crippen molar-refractivity contribution in [1.29, 1.82) is 0 Å².